The number of carbonyl (C=O) groups is 13. The summed E-state index contributed by atoms with van der Waals surface area (Å²) in [5.41, 5.74) is 0. The van der Waals surface area contributed by atoms with Gasteiger partial charge in [0.05, 0.1) is 13.2 Å². The van der Waals surface area contributed by atoms with E-state index in [1.165, 1.54) is 0 Å². The van der Waals surface area contributed by atoms with Gasteiger partial charge < -0.3 is 99.8 Å². The van der Waals surface area contributed by atoms with Crippen LogP contribution in [0.4, 0.5) is 0 Å². The van der Waals surface area contributed by atoms with Crippen LogP contribution in [0.15, 0.2) is 0 Å². The van der Waals surface area contributed by atoms with Crippen molar-refractivity contribution < 1.29 is 162 Å². The van der Waals surface area contributed by atoms with Gasteiger partial charge in [-0.25, -0.2) is 0 Å². The second kappa shape index (κ2) is 31.6. The minimum absolute atomic E-state index is 0.690. The molecule has 4 aliphatic rings. The minimum atomic E-state index is -2.18. The van der Waals surface area contributed by atoms with E-state index in [0.717, 1.165) is 90.0 Å². The van der Waals surface area contributed by atoms with Crippen molar-refractivity contribution in [3.8, 4) is 0 Å². The maximum atomic E-state index is 13.1. The van der Waals surface area contributed by atoms with Crippen LogP contribution < -0.4 is 0 Å². The van der Waals surface area contributed by atoms with Gasteiger partial charge in [0.25, 0.3) is 0 Å². The summed E-state index contributed by atoms with van der Waals surface area (Å²) in [7, 11) is 0. The van der Waals surface area contributed by atoms with E-state index in [9.17, 15) is 67.4 Å². The van der Waals surface area contributed by atoms with Crippen LogP contribution in [0.1, 0.15) is 90.0 Å². The lowest BCUT2D eigenvalue weighted by molar-refractivity contribution is -0.369. The third-order valence-electron chi connectivity index (χ3n) is 11.7. The standard InChI is InChI=1S/C50H68O34/c1-18(51)65-14-32-36(70-21(4)54)40(73-24(7)57)44(77-28(11)61)48(81-32)68-17-34-37(71-22(5)55)41(74-25(8)58)46(79-30(13)63)50(83-34)84-38-33(15-66-19(2)52)82-49(45(78-29(12)62)42(38)75-26(9)59)67-16-31-35(69-20(3)53)39(72-23(6)56)43(47(64)80-31)76-27(10)60/h31-50,64H,14-17H2,1-13H3. The highest BCUT2D eigenvalue weighted by molar-refractivity contribution is 5.71. The van der Waals surface area contributed by atoms with Crippen molar-refractivity contribution >= 4 is 77.6 Å². The third-order valence-corrected chi connectivity index (χ3v) is 11.7. The van der Waals surface area contributed by atoms with Gasteiger partial charge in [0, 0.05) is 90.0 Å². The number of aliphatic hydroxyl groups is 1. The summed E-state index contributed by atoms with van der Waals surface area (Å²) in [5.74, 6) is -13.2. The van der Waals surface area contributed by atoms with Crippen LogP contribution in [0, 0.1) is 0 Å². The van der Waals surface area contributed by atoms with Crippen LogP contribution >= 0.6 is 0 Å². The molecule has 4 rings (SSSR count). The number of ether oxygens (including phenoxy) is 20. The quantitative estimate of drug-likeness (QED) is 0.0828. The first kappa shape index (κ1) is 69.3. The fourth-order valence-electron chi connectivity index (χ4n) is 9.12. The average molecular weight is 1210 g/mol. The summed E-state index contributed by atoms with van der Waals surface area (Å²) in [4.78, 5) is 164. The Morgan fingerprint density at radius 3 is 0.810 bits per heavy atom. The van der Waals surface area contributed by atoms with Crippen molar-refractivity contribution in [1.29, 1.82) is 0 Å². The Morgan fingerprint density at radius 1 is 0.262 bits per heavy atom. The van der Waals surface area contributed by atoms with Gasteiger partial charge in [0.15, 0.2) is 92.3 Å². The van der Waals surface area contributed by atoms with E-state index in [1.54, 1.807) is 0 Å². The molecule has 0 aliphatic carbocycles. The summed E-state index contributed by atoms with van der Waals surface area (Å²) in [6, 6.07) is 0. The fraction of sp³-hybridized carbons (Fsp3) is 0.740. The first-order valence-corrected chi connectivity index (χ1v) is 25.6. The van der Waals surface area contributed by atoms with Gasteiger partial charge in [-0.2, -0.15) is 0 Å². The average Bonchev–Trinajstić information content (AvgIpc) is 2.22. The molecule has 0 aromatic carbocycles. The first-order chi connectivity index (χ1) is 39.3. The van der Waals surface area contributed by atoms with Crippen molar-refractivity contribution in [2.45, 2.75) is 213 Å². The number of hydrogen-bond donors (Lipinski definition) is 1. The summed E-state index contributed by atoms with van der Waals surface area (Å²) in [5, 5.41) is 11.0. The van der Waals surface area contributed by atoms with Crippen molar-refractivity contribution in [3.05, 3.63) is 0 Å². The largest absolute Gasteiger partial charge is 0.463 e. The Morgan fingerprint density at radius 2 is 0.488 bits per heavy atom. The SMILES string of the molecule is CC(=O)OCC1OC(OCC2OC(OC3C(COC(C)=O)OC(OCC4OC(O)C(OC(C)=O)C(OC(C)=O)C4OC(C)=O)C(OC(C)=O)C3OC(C)=O)C(OC(C)=O)C(OC(C)=O)C2OC(C)=O)C(OC(C)=O)C(OC(C)=O)C1OC(C)=O. The predicted octanol–water partition coefficient (Wildman–Crippen LogP) is -2.33. The van der Waals surface area contributed by atoms with E-state index in [0.29, 0.717) is 0 Å². The van der Waals surface area contributed by atoms with Crippen molar-refractivity contribution in [1.82, 2.24) is 0 Å². The maximum Gasteiger partial charge on any atom is 0.303 e. The van der Waals surface area contributed by atoms with E-state index in [2.05, 4.69) is 0 Å². The topological polar surface area (TPSA) is 427 Å². The molecule has 20 atom stereocenters. The molecule has 34 heteroatoms. The number of hydrogen-bond acceptors (Lipinski definition) is 34. The Labute approximate surface area is 478 Å². The highest BCUT2D eigenvalue weighted by Gasteiger charge is 2.60. The highest BCUT2D eigenvalue weighted by Crippen LogP contribution is 2.38. The zero-order chi connectivity index (χ0) is 63.0. The van der Waals surface area contributed by atoms with Gasteiger partial charge in [-0.3, -0.25) is 62.3 Å². The smallest absolute Gasteiger partial charge is 0.303 e. The van der Waals surface area contributed by atoms with Gasteiger partial charge in [-0.15, -0.1) is 0 Å². The molecule has 1 N–H and O–H groups in total. The van der Waals surface area contributed by atoms with E-state index in [-0.39, 0.29) is 0 Å². The maximum absolute atomic E-state index is 13.1. The Bertz CT molecular complexity index is 2410. The summed E-state index contributed by atoms with van der Waals surface area (Å²) >= 11 is 0. The lowest BCUT2D eigenvalue weighted by Crippen LogP contribution is -2.68. The van der Waals surface area contributed by atoms with Crippen LogP contribution in [-0.4, -0.2) is 232 Å². The van der Waals surface area contributed by atoms with E-state index < -0.39 is 227 Å². The van der Waals surface area contributed by atoms with Gasteiger partial charge in [-0.05, 0) is 0 Å². The minimum Gasteiger partial charge on any atom is -0.463 e. The molecule has 4 aliphatic heterocycles. The zero-order valence-electron chi connectivity index (χ0n) is 47.8. The molecule has 84 heavy (non-hydrogen) atoms. The lowest BCUT2D eigenvalue weighted by atomic mass is 9.95. The second-order valence-electron chi connectivity index (χ2n) is 18.9. The molecular weight excluding hydrogens is 1140 g/mol. The highest BCUT2D eigenvalue weighted by atomic mass is 16.8. The van der Waals surface area contributed by atoms with E-state index in [4.69, 9.17) is 94.7 Å². The van der Waals surface area contributed by atoms with Crippen LogP contribution in [-0.2, 0) is 157 Å². The normalized spacial score (nSPS) is 32.7. The van der Waals surface area contributed by atoms with Crippen molar-refractivity contribution in [2.75, 3.05) is 26.4 Å². The van der Waals surface area contributed by atoms with Gasteiger partial charge >= 0.3 is 77.6 Å². The molecular formula is C50H68O34. The molecule has 0 radical (unpaired) electrons. The summed E-state index contributed by atoms with van der Waals surface area (Å²) in [6.07, 6.45) is -37.3. The molecule has 0 aromatic rings. The fourth-order valence-corrected chi connectivity index (χ4v) is 9.12. The summed E-state index contributed by atoms with van der Waals surface area (Å²) < 4.78 is 114. The molecule has 4 saturated heterocycles. The van der Waals surface area contributed by atoms with E-state index >= 15 is 0 Å². The number of aliphatic hydroxyl groups excluding tert-OH is 1. The molecule has 0 bridgehead atoms. The lowest BCUT2D eigenvalue weighted by Gasteiger charge is -2.49. The zero-order valence-corrected chi connectivity index (χ0v) is 47.8. The van der Waals surface area contributed by atoms with Gasteiger partial charge in [0.2, 0.25) is 0 Å². The van der Waals surface area contributed by atoms with Crippen molar-refractivity contribution in [2.24, 2.45) is 0 Å². The Balaban J connectivity index is 1.88. The number of carbonyl (C=O) groups excluding carboxylic acids is 13. The van der Waals surface area contributed by atoms with Crippen LogP contribution in [0.3, 0.4) is 0 Å². The number of esters is 13. The predicted molar refractivity (Wildman–Crippen MR) is 258 cm³/mol. The van der Waals surface area contributed by atoms with Crippen molar-refractivity contribution in [3.63, 3.8) is 0 Å². The second-order valence-corrected chi connectivity index (χ2v) is 18.9. The van der Waals surface area contributed by atoms with Crippen LogP contribution in [0.25, 0.3) is 0 Å². The van der Waals surface area contributed by atoms with E-state index in [1.807, 2.05) is 0 Å². The molecule has 20 unspecified atom stereocenters. The van der Waals surface area contributed by atoms with Crippen LogP contribution in [0.5, 0.6) is 0 Å². The molecule has 0 spiro atoms. The van der Waals surface area contributed by atoms with Gasteiger partial charge in [0.1, 0.15) is 43.7 Å². The third kappa shape index (κ3) is 20.5. The van der Waals surface area contributed by atoms with Crippen LogP contribution in [0.2, 0.25) is 0 Å². The summed E-state index contributed by atoms with van der Waals surface area (Å²) in [6.45, 7) is 9.01. The molecule has 472 valence electrons. The molecule has 4 heterocycles. The molecule has 0 aromatic heterocycles. The molecule has 4 fully saturated rings. The Hall–Kier alpha value is -7.21. The Kier molecular flexibility index (Phi) is 26.1. The first-order valence-electron chi connectivity index (χ1n) is 25.6. The van der Waals surface area contributed by atoms with Gasteiger partial charge in [-0.1, -0.05) is 0 Å². The number of rotatable bonds is 23. The molecule has 34 nitrogen and oxygen atoms in total. The molecule has 0 saturated carbocycles. The molecule has 0 amide bonds. The monoisotopic (exact) mass is 1210 g/mol.